The molecule has 152 valence electrons. The van der Waals surface area contributed by atoms with E-state index in [1.165, 1.54) is 6.08 Å². The Balaban J connectivity index is 2.00. The molecule has 1 heterocycles. The molecule has 29 heavy (non-hydrogen) atoms. The van der Waals surface area contributed by atoms with Crippen molar-refractivity contribution in [1.82, 2.24) is 4.98 Å². The molecule has 0 saturated carbocycles. The van der Waals surface area contributed by atoms with Gasteiger partial charge in [0.15, 0.2) is 5.75 Å². The van der Waals surface area contributed by atoms with Gasteiger partial charge < -0.3 is 9.47 Å². The molecule has 0 fully saturated rings. The van der Waals surface area contributed by atoms with E-state index in [4.69, 9.17) is 55.9 Å². The number of aromatic nitrogens is 1. The molecule has 0 radical (unpaired) electrons. The lowest BCUT2D eigenvalue weighted by atomic mass is 10.1. The SMILES string of the molecule is FC(F)(F)c1cnc(Oc2c(Cl)ccc3c(OCC=C(Cl)Cl)cccc23)c(Cl)c1. The summed E-state index contributed by atoms with van der Waals surface area (Å²) in [4.78, 5) is 3.68. The number of nitrogens with zero attached hydrogens (tertiary/aromatic N) is 1. The summed E-state index contributed by atoms with van der Waals surface area (Å²) in [6.45, 7) is 0.131. The van der Waals surface area contributed by atoms with Gasteiger partial charge in [0.2, 0.25) is 5.88 Å². The van der Waals surface area contributed by atoms with Gasteiger partial charge >= 0.3 is 6.18 Å². The Morgan fingerprint density at radius 2 is 1.79 bits per heavy atom. The summed E-state index contributed by atoms with van der Waals surface area (Å²) in [6, 6.07) is 9.15. The Morgan fingerprint density at radius 1 is 1.03 bits per heavy atom. The number of fused-ring (bicyclic) bond motifs is 1. The minimum Gasteiger partial charge on any atom is -0.489 e. The molecule has 3 aromatic rings. The number of hydrogen-bond acceptors (Lipinski definition) is 3. The van der Waals surface area contributed by atoms with Gasteiger partial charge in [-0.15, -0.1) is 0 Å². The Morgan fingerprint density at radius 3 is 2.45 bits per heavy atom. The zero-order valence-electron chi connectivity index (χ0n) is 14.2. The highest BCUT2D eigenvalue weighted by molar-refractivity contribution is 6.55. The van der Waals surface area contributed by atoms with Gasteiger partial charge in [-0.2, -0.15) is 13.2 Å². The molecule has 0 aliphatic heterocycles. The molecule has 3 rings (SSSR count). The van der Waals surface area contributed by atoms with Gasteiger partial charge in [-0.25, -0.2) is 4.98 Å². The summed E-state index contributed by atoms with van der Waals surface area (Å²) in [6.07, 6.45) is -2.46. The van der Waals surface area contributed by atoms with E-state index in [1.54, 1.807) is 30.3 Å². The second-order valence-corrected chi connectivity index (χ2v) is 7.47. The third kappa shape index (κ3) is 5.20. The van der Waals surface area contributed by atoms with Gasteiger partial charge in [0.05, 0.1) is 10.6 Å². The molecular weight excluding hydrogens is 473 g/mol. The molecule has 0 spiro atoms. The highest BCUT2D eigenvalue weighted by atomic mass is 35.5. The van der Waals surface area contributed by atoms with E-state index in [2.05, 4.69) is 4.98 Å². The normalized spacial score (nSPS) is 11.4. The van der Waals surface area contributed by atoms with Crippen LogP contribution in [0.15, 0.2) is 53.2 Å². The number of halogens is 7. The number of ether oxygens (including phenoxy) is 2. The van der Waals surface area contributed by atoms with E-state index < -0.39 is 11.7 Å². The first-order valence-corrected chi connectivity index (χ1v) is 9.44. The molecule has 0 N–H and O–H groups in total. The van der Waals surface area contributed by atoms with Crippen molar-refractivity contribution in [2.24, 2.45) is 0 Å². The minimum absolute atomic E-state index is 0.0697. The third-order valence-corrected chi connectivity index (χ3v) is 4.61. The van der Waals surface area contributed by atoms with Gasteiger partial charge in [-0.05, 0) is 30.3 Å². The zero-order valence-corrected chi connectivity index (χ0v) is 17.3. The van der Waals surface area contributed by atoms with Crippen molar-refractivity contribution in [1.29, 1.82) is 0 Å². The van der Waals surface area contributed by atoms with Crippen molar-refractivity contribution in [2.45, 2.75) is 6.18 Å². The molecule has 0 amide bonds. The molecule has 0 aliphatic rings. The third-order valence-electron chi connectivity index (χ3n) is 3.73. The number of benzene rings is 2. The lowest BCUT2D eigenvalue weighted by Gasteiger charge is -2.14. The van der Waals surface area contributed by atoms with Crippen LogP contribution in [0.3, 0.4) is 0 Å². The van der Waals surface area contributed by atoms with E-state index >= 15 is 0 Å². The van der Waals surface area contributed by atoms with Crippen LogP contribution in [0.5, 0.6) is 17.4 Å². The minimum atomic E-state index is -4.57. The Bertz CT molecular complexity index is 1080. The molecule has 3 nitrogen and oxygen atoms in total. The molecule has 0 unspecified atom stereocenters. The number of rotatable bonds is 5. The second kappa shape index (κ2) is 8.88. The molecule has 1 aromatic heterocycles. The number of hydrogen-bond donors (Lipinski definition) is 0. The lowest BCUT2D eigenvalue weighted by Crippen LogP contribution is -2.06. The fourth-order valence-corrected chi connectivity index (χ4v) is 2.99. The summed E-state index contributed by atoms with van der Waals surface area (Å²) in [7, 11) is 0. The Hall–Kier alpha value is -1.86. The lowest BCUT2D eigenvalue weighted by molar-refractivity contribution is -0.137. The van der Waals surface area contributed by atoms with Crippen LogP contribution in [0.2, 0.25) is 10.0 Å². The van der Waals surface area contributed by atoms with Crippen molar-refractivity contribution in [2.75, 3.05) is 6.61 Å². The van der Waals surface area contributed by atoms with Crippen molar-refractivity contribution in [3.8, 4) is 17.4 Å². The number of pyridine rings is 1. The summed E-state index contributed by atoms with van der Waals surface area (Å²) in [5, 5.41) is 1.11. The summed E-state index contributed by atoms with van der Waals surface area (Å²) in [5.41, 5.74) is -0.986. The van der Waals surface area contributed by atoms with Gasteiger partial charge in [-0.3, -0.25) is 0 Å². The van der Waals surface area contributed by atoms with Crippen LogP contribution in [0.25, 0.3) is 10.8 Å². The van der Waals surface area contributed by atoms with Crippen molar-refractivity contribution >= 4 is 57.2 Å². The first-order chi connectivity index (χ1) is 13.7. The largest absolute Gasteiger partial charge is 0.489 e. The van der Waals surface area contributed by atoms with E-state index in [0.717, 1.165) is 6.07 Å². The van der Waals surface area contributed by atoms with E-state index in [0.29, 0.717) is 22.7 Å². The number of alkyl halides is 3. The maximum absolute atomic E-state index is 12.8. The van der Waals surface area contributed by atoms with Gasteiger partial charge in [0.1, 0.15) is 21.9 Å². The van der Waals surface area contributed by atoms with Gasteiger partial charge in [0, 0.05) is 17.0 Å². The molecule has 10 heteroatoms. The maximum atomic E-state index is 12.8. The average Bonchev–Trinajstić information content (AvgIpc) is 2.64. The average molecular weight is 483 g/mol. The smallest absolute Gasteiger partial charge is 0.417 e. The zero-order chi connectivity index (χ0) is 21.2. The Kier molecular flexibility index (Phi) is 6.69. The van der Waals surface area contributed by atoms with Crippen LogP contribution in [-0.4, -0.2) is 11.6 Å². The molecule has 0 atom stereocenters. The van der Waals surface area contributed by atoms with Crippen LogP contribution in [0, 0.1) is 0 Å². The monoisotopic (exact) mass is 481 g/mol. The van der Waals surface area contributed by atoms with Crippen molar-refractivity contribution in [3.05, 3.63) is 68.8 Å². The topological polar surface area (TPSA) is 31.4 Å². The summed E-state index contributed by atoms with van der Waals surface area (Å²) >= 11 is 23.3. The second-order valence-electron chi connectivity index (χ2n) is 5.64. The van der Waals surface area contributed by atoms with E-state index in [9.17, 15) is 13.2 Å². The predicted octanol–water partition coefficient (Wildman–Crippen LogP) is 8.05. The Labute approximate surface area is 183 Å². The van der Waals surface area contributed by atoms with Crippen LogP contribution in [0.4, 0.5) is 13.2 Å². The highest BCUT2D eigenvalue weighted by Gasteiger charge is 2.32. The van der Waals surface area contributed by atoms with E-state index in [1.807, 2.05) is 0 Å². The molecule has 0 saturated heterocycles. The van der Waals surface area contributed by atoms with Crippen molar-refractivity contribution in [3.63, 3.8) is 0 Å². The van der Waals surface area contributed by atoms with Crippen LogP contribution >= 0.6 is 46.4 Å². The van der Waals surface area contributed by atoms with Gasteiger partial charge in [0.25, 0.3) is 0 Å². The predicted molar refractivity (Wildman–Crippen MR) is 109 cm³/mol. The fourth-order valence-electron chi connectivity index (χ4n) is 2.45. The maximum Gasteiger partial charge on any atom is 0.417 e. The van der Waals surface area contributed by atoms with Gasteiger partial charge in [-0.1, -0.05) is 58.5 Å². The molecule has 0 aliphatic carbocycles. The summed E-state index contributed by atoms with van der Waals surface area (Å²) in [5.74, 6) is 0.466. The first-order valence-electron chi connectivity index (χ1n) is 7.92. The molecule has 2 aromatic carbocycles. The standard InChI is InChI=1S/C19H10Cl4F3NO2/c20-13-5-4-11-12(2-1-3-15(11)28-7-6-16(22)23)17(13)29-18-14(21)8-10(9-27-18)19(24,25)26/h1-6,8-9H,7H2. The quantitative estimate of drug-likeness (QED) is 0.368. The molecular formula is C19H10Cl4F3NO2. The first kappa shape index (κ1) is 21.8. The fraction of sp³-hybridized carbons (Fsp3) is 0.105. The van der Waals surface area contributed by atoms with Crippen LogP contribution in [-0.2, 0) is 6.18 Å². The van der Waals surface area contributed by atoms with Crippen LogP contribution in [0.1, 0.15) is 5.56 Å². The van der Waals surface area contributed by atoms with Crippen LogP contribution < -0.4 is 9.47 Å². The summed E-state index contributed by atoms with van der Waals surface area (Å²) < 4.78 is 49.8. The highest BCUT2D eigenvalue weighted by Crippen LogP contribution is 2.41. The van der Waals surface area contributed by atoms with Crippen molar-refractivity contribution < 1.29 is 22.6 Å². The van der Waals surface area contributed by atoms with E-state index in [-0.39, 0.29) is 32.8 Å². The molecule has 0 bridgehead atoms.